The van der Waals surface area contributed by atoms with Gasteiger partial charge in [-0.2, -0.15) is 0 Å². The summed E-state index contributed by atoms with van der Waals surface area (Å²) >= 11 is 0. The molecule has 0 saturated carbocycles. The lowest BCUT2D eigenvalue weighted by molar-refractivity contribution is -0.0187. The Morgan fingerprint density at radius 3 is 2.70 bits per heavy atom. The third-order valence-electron chi connectivity index (χ3n) is 6.16. The van der Waals surface area contributed by atoms with E-state index < -0.39 is 0 Å². The van der Waals surface area contributed by atoms with E-state index in [1.54, 1.807) is 0 Å². The van der Waals surface area contributed by atoms with Crippen molar-refractivity contribution >= 4 is 0 Å². The van der Waals surface area contributed by atoms with Crippen molar-refractivity contribution in [1.82, 2.24) is 14.7 Å². The number of likely N-dealkylation sites (tertiary alicyclic amines) is 1. The molecule has 0 bridgehead atoms. The van der Waals surface area contributed by atoms with Crippen molar-refractivity contribution in [2.45, 2.75) is 56.1 Å². The second-order valence-electron chi connectivity index (χ2n) is 7.42. The van der Waals surface area contributed by atoms with Crippen molar-refractivity contribution in [3.63, 3.8) is 0 Å². The van der Waals surface area contributed by atoms with Gasteiger partial charge in [0.2, 0.25) is 0 Å². The summed E-state index contributed by atoms with van der Waals surface area (Å²) < 4.78 is 0. The normalized spacial score (nSPS) is 40.2. The molecule has 3 heterocycles. The molecule has 0 amide bonds. The summed E-state index contributed by atoms with van der Waals surface area (Å²) in [6, 6.07) is 1.53. The van der Waals surface area contributed by atoms with E-state index >= 15 is 0 Å². The number of hydrogen-bond acceptors (Lipinski definition) is 4. The van der Waals surface area contributed by atoms with Gasteiger partial charge in [-0.15, -0.1) is 0 Å². The molecule has 0 aliphatic carbocycles. The molecule has 4 nitrogen and oxygen atoms in total. The first-order valence-corrected chi connectivity index (χ1v) is 8.50. The zero-order chi connectivity index (χ0) is 14.2. The van der Waals surface area contributed by atoms with Crippen molar-refractivity contribution in [2.75, 3.05) is 46.8 Å². The van der Waals surface area contributed by atoms with E-state index in [-0.39, 0.29) is 0 Å². The average molecular weight is 280 g/mol. The van der Waals surface area contributed by atoms with Crippen LogP contribution in [0.3, 0.4) is 0 Å². The second kappa shape index (κ2) is 5.91. The summed E-state index contributed by atoms with van der Waals surface area (Å²) in [6.45, 7) is 5.92. The predicted octanol–water partition coefficient (Wildman–Crippen LogP) is 0.968. The van der Waals surface area contributed by atoms with Gasteiger partial charge in [-0.25, -0.2) is 0 Å². The minimum absolute atomic E-state index is 0.292. The van der Waals surface area contributed by atoms with Gasteiger partial charge in [0.1, 0.15) is 0 Å². The van der Waals surface area contributed by atoms with Crippen molar-refractivity contribution < 1.29 is 0 Å². The molecule has 3 atom stereocenters. The van der Waals surface area contributed by atoms with Gasteiger partial charge in [0.25, 0.3) is 0 Å². The molecule has 3 fully saturated rings. The first-order valence-electron chi connectivity index (χ1n) is 8.50. The van der Waals surface area contributed by atoms with E-state index in [4.69, 9.17) is 5.73 Å². The van der Waals surface area contributed by atoms with Crippen LogP contribution in [-0.2, 0) is 0 Å². The Kier molecular flexibility index (Phi) is 4.37. The van der Waals surface area contributed by atoms with Gasteiger partial charge in [0.15, 0.2) is 0 Å². The Bertz CT molecular complexity index is 332. The number of nitrogens with two attached hydrogens (primary N) is 1. The maximum Gasteiger partial charge on any atom is 0.0359 e. The molecule has 0 spiro atoms. The van der Waals surface area contributed by atoms with E-state index in [2.05, 4.69) is 28.8 Å². The largest absolute Gasteiger partial charge is 0.329 e. The van der Waals surface area contributed by atoms with Crippen molar-refractivity contribution in [3.05, 3.63) is 0 Å². The summed E-state index contributed by atoms with van der Waals surface area (Å²) in [5, 5.41) is 0. The van der Waals surface area contributed by atoms with Crippen LogP contribution in [0.25, 0.3) is 0 Å². The van der Waals surface area contributed by atoms with E-state index in [1.165, 1.54) is 64.7 Å². The van der Waals surface area contributed by atoms with E-state index in [1.807, 2.05) is 0 Å². The molecule has 0 aromatic carbocycles. The first kappa shape index (κ1) is 14.8. The SMILES string of the molecule is CN(C)C1CCCN(C2(CN)CCN3CCCC3C2)C1. The topological polar surface area (TPSA) is 35.7 Å². The van der Waals surface area contributed by atoms with E-state index in [0.29, 0.717) is 11.6 Å². The Hall–Kier alpha value is -0.160. The van der Waals surface area contributed by atoms with Crippen molar-refractivity contribution in [2.24, 2.45) is 5.73 Å². The van der Waals surface area contributed by atoms with Crippen molar-refractivity contribution in [3.8, 4) is 0 Å². The molecular weight excluding hydrogens is 248 g/mol. The molecule has 0 aromatic heterocycles. The van der Waals surface area contributed by atoms with Gasteiger partial charge >= 0.3 is 0 Å². The van der Waals surface area contributed by atoms with Crippen LogP contribution in [0.5, 0.6) is 0 Å². The third-order valence-corrected chi connectivity index (χ3v) is 6.16. The van der Waals surface area contributed by atoms with Crippen LogP contribution >= 0.6 is 0 Å². The average Bonchev–Trinajstić information content (AvgIpc) is 2.94. The Labute approximate surface area is 124 Å². The van der Waals surface area contributed by atoms with Gasteiger partial charge in [-0.05, 0) is 65.7 Å². The highest BCUT2D eigenvalue weighted by Crippen LogP contribution is 2.37. The third kappa shape index (κ3) is 2.63. The van der Waals surface area contributed by atoms with Gasteiger partial charge in [-0.3, -0.25) is 4.90 Å². The quantitative estimate of drug-likeness (QED) is 0.835. The van der Waals surface area contributed by atoms with Crippen molar-refractivity contribution in [1.29, 1.82) is 0 Å². The van der Waals surface area contributed by atoms with Crippen LogP contribution in [-0.4, -0.2) is 79.1 Å². The Morgan fingerprint density at radius 2 is 1.95 bits per heavy atom. The molecule has 3 saturated heterocycles. The van der Waals surface area contributed by atoms with E-state index in [9.17, 15) is 0 Å². The fourth-order valence-corrected chi connectivity index (χ4v) is 4.72. The summed E-state index contributed by atoms with van der Waals surface area (Å²) in [5.74, 6) is 0. The van der Waals surface area contributed by atoms with Gasteiger partial charge in [-0.1, -0.05) is 0 Å². The number of likely N-dealkylation sites (N-methyl/N-ethyl adjacent to an activating group) is 1. The van der Waals surface area contributed by atoms with Crippen LogP contribution in [0.2, 0.25) is 0 Å². The van der Waals surface area contributed by atoms with Gasteiger partial charge < -0.3 is 15.5 Å². The molecule has 2 N–H and O–H groups in total. The molecule has 0 aromatic rings. The summed E-state index contributed by atoms with van der Waals surface area (Å²) in [6.07, 6.45) is 8.06. The maximum atomic E-state index is 6.30. The monoisotopic (exact) mass is 280 g/mol. The maximum absolute atomic E-state index is 6.30. The van der Waals surface area contributed by atoms with Crippen LogP contribution in [0.4, 0.5) is 0 Å². The van der Waals surface area contributed by atoms with Crippen LogP contribution in [0, 0.1) is 0 Å². The first-order chi connectivity index (χ1) is 9.64. The Balaban J connectivity index is 1.71. The summed E-state index contributed by atoms with van der Waals surface area (Å²) in [7, 11) is 4.45. The second-order valence-corrected chi connectivity index (χ2v) is 7.42. The van der Waals surface area contributed by atoms with Crippen LogP contribution in [0.15, 0.2) is 0 Å². The molecule has 3 rings (SSSR count). The molecule has 116 valence electrons. The lowest BCUT2D eigenvalue weighted by Crippen LogP contribution is -2.64. The lowest BCUT2D eigenvalue weighted by atomic mass is 9.80. The zero-order valence-electron chi connectivity index (χ0n) is 13.4. The van der Waals surface area contributed by atoms with Crippen LogP contribution in [0.1, 0.15) is 38.5 Å². The molecule has 20 heavy (non-hydrogen) atoms. The van der Waals surface area contributed by atoms with Crippen LogP contribution < -0.4 is 5.73 Å². The summed E-state index contributed by atoms with van der Waals surface area (Å²) in [5.41, 5.74) is 6.59. The molecule has 3 aliphatic rings. The number of rotatable bonds is 3. The number of nitrogens with zero attached hydrogens (tertiary/aromatic N) is 3. The lowest BCUT2D eigenvalue weighted by Gasteiger charge is -2.53. The molecule has 3 aliphatic heterocycles. The fourth-order valence-electron chi connectivity index (χ4n) is 4.72. The standard InChI is InChI=1S/C16H32N4/c1-18(2)15-6-4-9-20(12-15)16(13-17)7-10-19-8-3-5-14(19)11-16/h14-15H,3-13,17H2,1-2H3. The predicted molar refractivity (Wildman–Crippen MR) is 83.9 cm³/mol. The molecule has 3 unspecified atom stereocenters. The number of hydrogen-bond donors (Lipinski definition) is 1. The smallest absolute Gasteiger partial charge is 0.0359 e. The summed E-state index contributed by atoms with van der Waals surface area (Å²) in [4.78, 5) is 7.87. The molecule has 4 heteroatoms. The van der Waals surface area contributed by atoms with E-state index in [0.717, 1.165) is 12.6 Å². The number of fused-ring (bicyclic) bond motifs is 1. The number of piperidine rings is 2. The highest BCUT2D eigenvalue weighted by Gasteiger charge is 2.45. The Morgan fingerprint density at radius 1 is 1.15 bits per heavy atom. The zero-order valence-corrected chi connectivity index (χ0v) is 13.4. The van der Waals surface area contributed by atoms with Gasteiger partial charge in [0.05, 0.1) is 0 Å². The molecule has 0 radical (unpaired) electrons. The highest BCUT2D eigenvalue weighted by molar-refractivity contribution is 5.03. The van der Waals surface area contributed by atoms with Gasteiger partial charge in [0, 0.05) is 37.3 Å². The minimum Gasteiger partial charge on any atom is -0.329 e. The minimum atomic E-state index is 0.292. The highest BCUT2D eigenvalue weighted by atomic mass is 15.3. The molecular formula is C16H32N4. The fraction of sp³-hybridized carbons (Fsp3) is 1.00.